The Morgan fingerprint density at radius 1 is 1.43 bits per heavy atom. The average Bonchev–Trinajstić information content (AvgIpc) is 2.76. The topological polar surface area (TPSA) is 32.3 Å². The lowest BCUT2D eigenvalue weighted by molar-refractivity contribution is -0.136. The molecule has 14 heavy (non-hydrogen) atoms. The fourth-order valence-corrected chi connectivity index (χ4v) is 2.61. The predicted molar refractivity (Wildman–Crippen MR) is 56.0 cm³/mol. The average molecular weight is 196 g/mol. The Morgan fingerprint density at radius 2 is 2.14 bits per heavy atom. The van der Waals surface area contributed by atoms with E-state index in [0.717, 1.165) is 6.42 Å². The van der Waals surface area contributed by atoms with Crippen molar-refractivity contribution in [3.63, 3.8) is 0 Å². The second-order valence-corrected chi connectivity index (χ2v) is 4.93. The van der Waals surface area contributed by atoms with Crippen LogP contribution in [0.3, 0.4) is 0 Å². The van der Waals surface area contributed by atoms with E-state index in [4.69, 9.17) is 0 Å². The van der Waals surface area contributed by atoms with Crippen molar-refractivity contribution in [1.82, 2.24) is 10.2 Å². The summed E-state index contributed by atoms with van der Waals surface area (Å²) in [7, 11) is 1.92. The first kappa shape index (κ1) is 9.97. The standard InChI is InChI=1S/C11H20N2O/c1-7(2)13(3)11(14)9-6-8-4-5-10(9)12-8/h7-10,12H,4-6H2,1-3H3. The molecule has 2 aliphatic heterocycles. The van der Waals surface area contributed by atoms with Gasteiger partial charge >= 0.3 is 0 Å². The van der Waals surface area contributed by atoms with Crippen molar-refractivity contribution in [2.75, 3.05) is 7.05 Å². The van der Waals surface area contributed by atoms with Crippen molar-refractivity contribution in [2.45, 2.75) is 51.2 Å². The molecule has 0 aromatic heterocycles. The van der Waals surface area contributed by atoms with Crippen LogP contribution < -0.4 is 5.32 Å². The van der Waals surface area contributed by atoms with Gasteiger partial charge < -0.3 is 10.2 Å². The minimum absolute atomic E-state index is 0.251. The maximum Gasteiger partial charge on any atom is 0.227 e. The summed E-state index contributed by atoms with van der Waals surface area (Å²) in [6, 6.07) is 1.41. The highest BCUT2D eigenvalue weighted by Crippen LogP contribution is 2.34. The van der Waals surface area contributed by atoms with E-state index in [1.54, 1.807) is 0 Å². The molecule has 0 radical (unpaired) electrons. The molecule has 2 bridgehead atoms. The molecule has 0 spiro atoms. The number of carbonyl (C=O) groups is 1. The van der Waals surface area contributed by atoms with Crippen LogP contribution in [-0.4, -0.2) is 36.0 Å². The summed E-state index contributed by atoms with van der Waals surface area (Å²) in [5.41, 5.74) is 0. The minimum atomic E-state index is 0.251. The number of hydrogen-bond acceptors (Lipinski definition) is 2. The van der Waals surface area contributed by atoms with E-state index < -0.39 is 0 Å². The van der Waals surface area contributed by atoms with E-state index in [2.05, 4.69) is 19.2 Å². The van der Waals surface area contributed by atoms with Crippen molar-refractivity contribution in [3.05, 3.63) is 0 Å². The normalized spacial score (nSPS) is 35.3. The molecule has 3 unspecified atom stereocenters. The lowest BCUT2D eigenvalue weighted by Crippen LogP contribution is -2.41. The van der Waals surface area contributed by atoms with Gasteiger partial charge in [0, 0.05) is 25.2 Å². The zero-order valence-corrected chi connectivity index (χ0v) is 9.29. The number of amides is 1. The number of nitrogens with zero attached hydrogens (tertiary/aromatic N) is 1. The zero-order chi connectivity index (χ0) is 10.3. The molecule has 2 rings (SSSR count). The van der Waals surface area contributed by atoms with E-state index in [0.29, 0.717) is 24.0 Å². The van der Waals surface area contributed by atoms with E-state index in [-0.39, 0.29) is 5.92 Å². The molecule has 0 saturated carbocycles. The molecular formula is C11H20N2O. The van der Waals surface area contributed by atoms with Crippen LogP contribution in [0.25, 0.3) is 0 Å². The molecular weight excluding hydrogens is 176 g/mol. The van der Waals surface area contributed by atoms with Gasteiger partial charge in [0.1, 0.15) is 0 Å². The van der Waals surface area contributed by atoms with Gasteiger partial charge in [-0.05, 0) is 33.1 Å². The van der Waals surface area contributed by atoms with Crippen molar-refractivity contribution >= 4 is 5.91 Å². The van der Waals surface area contributed by atoms with Crippen LogP contribution >= 0.6 is 0 Å². The highest BCUT2D eigenvalue weighted by atomic mass is 16.2. The second-order valence-electron chi connectivity index (χ2n) is 4.93. The Labute approximate surface area is 85.8 Å². The molecule has 1 amide bonds. The van der Waals surface area contributed by atoms with Crippen LogP contribution in [0.5, 0.6) is 0 Å². The van der Waals surface area contributed by atoms with Gasteiger partial charge in [0.25, 0.3) is 0 Å². The van der Waals surface area contributed by atoms with Gasteiger partial charge in [-0.1, -0.05) is 0 Å². The predicted octanol–water partition coefficient (Wildman–Crippen LogP) is 0.994. The first-order valence-electron chi connectivity index (χ1n) is 5.62. The summed E-state index contributed by atoms with van der Waals surface area (Å²) >= 11 is 0. The fourth-order valence-electron chi connectivity index (χ4n) is 2.61. The van der Waals surface area contributed by atoms with Crippen LogP contribution in [0.4, 0.5) is 0 Å². The summed E-state index contributed by atoms with van der Waals surface area (Å²) in [5, 5.41) is 3.51. The molecule has 2 saturated heterocycles. The first-order valence-corrected chi connectivity index (χ1v) is 5.62. The van der Waals surface area contributed by atoms with Crippen LogP contribution in [-0.2, 0) is 4.79 Å². The maximum atomic E-state index is 12.1. The molecule has 2 heterocycles. The Kier molecular flexibility index (Phi) is 2.52. The van der Waals surface area contributed by atoms with Crippen LogP contribution in [0.1, 0.15) is 33.1 Å². The molecule has 1 N–H and O–H groups in total. The van der Waals surface area contributed by atoms with Crippen molar-refractivity contribution in [3.8, 4) is 0 Å². The Hall–Kier alpha value is -0.570. The van der Waals surface area contributed by atoms with Gasteiger partial charge in [-0.25, -0.2) is 0 Å². The minimum Gasteiger partial charge on any atom is -0.343 e. The quantitative estimate of drug-likeness (QED) is 0.714. The maximum absolute atomic E-state index is 12.1. The Morgan fingerprint density at radius 3 is 2.57 bits per heavy atom. The SMILES string of the molecule is CC(C)N(C)C(=O)C1CC2CCC1N2. The summed E-state index contributed by atoms with van der Waals surface area (Å²) in [6.07, 6.45) is 3.51. The van der Waals surface area contributed by atoms with Gasteiger partial charge in [-0.2, -0.15) is 0 Å². The van der Waals surface area contributed by atoms with Gasteiger partial charge in [0.15, 0.2) is 0 Å². The molecule has 3 atom stereocenters. The lowest BCUT2D eigenvalue weighted by atomic mass is 9.88. The van der Waals surface area contributed by atoms with Crippen LogP contribution in [0, 0.1) is 5.92 Å². The van der Waals surface area contributed by atoms with E-state index in [1.807, 2.05) is 11.9 Å². The number of carbonyl (C=O) groups excluding carboxylic acids is 1. The summed E-state index contributed by atoms with van der Waals surface area (Å²) < 4.78 is 0. The molecule has 3 heteroatoms. The molecule has 0 aliphatic carbocycles. The highest BCUT2D eigenvalue weighted by molar-refractivity contribution is 5.80. The second kappa shape index (κ2) is 3.54. The van der Waals surface area contributed by atoms with E-state index in [9.17, 15) is 4.79 Å². The highest BCUT2D eigenvalue weighted by Gasteiger charge is 2.43. The lowest BCUT2D eigenvalue weighted by Gasteiger charge is -2.28. The van der Waals surface area contributed by atoms with Gasteiger partial charge in [0.05, 0.1) is 5.92 Å². The molecule has 80 valence electrons. The number of rotatable bonds is 2. The summed E-state index contributed by atoms with van der Waals surface area (Å²) in [4.78, 5) is 13.9. The number of fused-ring (bicyclic) bond motifs is 2. The Bertz CT molecular complexity index is 239. The molecule has 2 fully saturated rings. The molecule has 0 aromatic rings. The van der Waals surface area contributed by atoms with Gasteiger partial charge in [-0.3, -0.25) is 4.79 Å². The molecule has 2 aliphatic rings. The first-order chi connectivity index (χ1) is 6.59. The van der Waals surface area contributed by atoms with Crippen LogP contribution in [0.2, 0.25) is 0 Å². The zero-order valence-electron chi connectivity index (χ0n) is 9.29. The molecule has 3 nitrogen and oxygen atoms in total. The number of nitrogens with one attached hydrogen (secondary N) is 1. The largest absolute Gasteiger partial charge is 0.343 e. The smallest absolute Gasteiger partial charge is 0.227 e. The van der Waals surface area contributed by atoms with E-state index >= 15 is 0 Å². The monoisotopic (exact) mass is 196 g/mol. The third-order valence-electron chi connectivity index (χ3n) is 3.74. The number of hydrogen-bond donors (Lipinski definition) is 1. The summed E-state index contributed by atoms with van der Waals surface area (Å²) in [5.74, 6) is 0.584. The van der Waals surface area contributed by atoms with Gasteiger partial charge in [-0.15, -0.1) is 0 Å². The molecule has 0 aromatic carbocycles. The van der Waals surface area contributed by atoms with E-state index in [1.165, 1.54) is 12.8 Å². The van der Waals surface area contributed by atoms with Crippen molar-refractivity contribution in [1.29, 1.82) is 0 Å². The van der Waals surface area contributed by atoms with Crippen molar-refractivity contribution < 1.29 is 4.79 Å². The fraction of sp³-hybridized carbons (Fsp3) is 0.909. The van der Waals surface area contributed by atoms with Crippen molar-refractivity contribution in [2.24, 2.45) is 5.92 Å². The van der Waals surface area contributed by atoms with Crippen LogP contribution in [0.15, 0.2) is 0 Å². The Balaban J connectivity index is 1.99. The summed E-state index contributed by atoms with van der Waals surface area (Å²) in [6.45, 7) is 4.14. The third kappa shape index (κ3) is 1.54. The third-order valence-corrected chi connectivity index (χ3v) is 3.74. The van der Waals surface area contributed by atoms with Gasteiger partial charge in [0.2, 0.25) is 5.91 Å².